The van der Waals surface area contributed by atoms with Crippen molar-refractivity contribution in [3.05, 3.63) is 18.0 Å². The summed E-state index contributed by atoms with van der Waals surface area (Å²) in [5.74, 6) is 0.909. The molecule has 4 nitrogen and oxygen atoms in total. The third kappa shape index (κ3) is 3.18. The lowest BCUT2D eigenvalue weighted by Gasteiger charge is -2.34. The second-order valence-electron chi connectivity index (χ2n) is 6.52. The van der Waals surface area contributed by atoms with Gasteiger partial charge in [0.25, 0.3) is 0 Å². The zero-order valence-electron chi connectivity index (χ0n) is 12.2. The van der Waals surface area contributed by atoms with Crippen molar-refractivity contribution in [1.29, 1.82) is 0 Å². The third-order valence-electron chi connectivity index (χ3n) is 4.69. The molecular weight excluding hydrogens is 236 g/mol. The molecule has 106 valence electrons. The second-order valence-corrected chi connectivity index (χ2v) is 6.52. The summed E-state index contributed by atoms with van der Waals surface area (Å²) in [7, 11) is 1.99. The van der Waals surface area contributed by atoms with Crippen molar-refractivity contribution < 1.29 is 0 Å². The van der Waals surface area contributed by atoms with Gasteiger partial charge in [0.05, 0.1) is 6.20 Å². The number of rotatable bonds is 4. The van der Waals surface area contributed by atoms with Gasteiger partial charge in [-0.05, 0) is 57.2 Å². The molecule has 0 spiro atoms. The highest BCUT2D eigenvalue weighted by Crippen LogP contribution is 2.40. The van der Waals surface area contributed by atoms with E-state index in [0.29, 0.717) is 5.54 Å². The minimum absolute atomic E-state index is 0.353. The Morgan fingerprint density at radius 2 is 2.32 bits per heavy atom. The van der Waals surface area contributed by atoms with Gasteiger partial charge in [-0.3, -0.25) is 4.68 Å². The maximum Gasteiger partial charge on any atom is 0.0522 e. The summed E-state index contributed by atoms with van der Waals surface area (Å²) in [6, 6.07) is 0. The van der Waals surface area contributed by atoms with E-state index in [0.717, 1.165) is 18.9 Å². The van der Waals surface area contributed by atoms with E-state index in [1.807, 2.05) is 17.9 Å². The maximum atomic E-state index is 4.25. The van der Waals surface area contributed by atoms with Gasteiger partial charge < -0.3 is 10.2 Å². The first-order valence-electron chi connectivity index (χ1n) is 7.61. The monoisotopic (exact) mass is 262 g/mol. The van der Waals surface area contributed by atoms with Crippen LogP contribution in [0.2, 0.25) is 0 Å². The van der Waals surface area contributed by atoms with Crippen LogP contribution in [0.25, 0.3) is 0 Å². The molecule has 2 heterocycles. The molecule has 4 heteroatoms. The van der Waals surface area contributed by atoms with E-state index in [2.05, 4.69) is 28.4 Å². The topological polar surface area (TPSA) is 33.1 Å². The molecule has 19 heavy (non-hydrogen) atoms. The molecule has 0 bridgehead atoms. The van der Waals surface area contributed by atoms with Gasteiger partial charge >= 0.3 is 0 Å². The molecule has 1 saturated carbocycles. The van der Waals surface area contributed by atoms with Gasteiger partial charge in [-0.15, -0.1) is 0 Å². The van der Waals surface area contributed by atoms with Crippen LogP contribution < -0.4 is 5.32 Å². The highest BCUT2D eigenvalue weighted by Gasteiger charge is 2.42. The Kier molecular flexibility index (Phi) is 3.63. The first-order chi connectivity index (χ1) is 9.16. The Morgan fingerprint density at radius 1 is 1.47 bits per heavy atom. The zero-order valence-corrected chi connectivity index (χ0v) is 12.2. The van der Waals surface area contributed by atoms with E-state index < -0.39 is 0 Å². The summed E-state index contributed by atoms with van der Waals surface area (Å²) >= 11 is 0. The molecule has 1 saturated heterocycles. The van der Waals surface area contributed by atoms with Crippen LogP contribution in [0.15, 0.2) is 12.4 Å². The van der Waals surface area contributed by atoms with E-state index in [-0.39, 0.29) is 0 Å². The van der Waals surface area contributed by atoms with Gasteiger partial charge in [0.1, 0.15) is 0 Å². The van der Waals surface area contributed by atoms with Gasteiger partial charge in [0.15, 0.2) is 0 Å². The fourth-order valence-corrected chi connectivity index (χ4v) is 3.35. The van der Waals surface area contributed by atoms with E-state index in [9.17, 15) is 0 Å². The Balaban J connectivity index is 1.57. The molecule has 1 N–H and O–H groups in total. The Bertz CT molecular complexity index is 424. The highest BCUT2D eigenvalue weighted by molar-refractivity contribution is 5.05. The molecule has 1 aliphatic heterocycles. The molecule has 0 radical (unpaired) electrons. The average molecular weight is 262 g/mol. The Morgan fingerprint density at radius 3 is 3.00 bits per heavy atom. The zero-order chi connectivity index (χ0) is 13.3. The lowest BCUT2D eigenvalue weighted by atomic mass is 9.95. The van der Waals surface area contributed by atoms with Gasteiger partial charge in [-0.1, -0.05) is 0 Å². The molecular formula is C15H26N4. The predicted octanol–water partition coefficient (Wildman–Crippen LogP) is 1.43. The number of nitrogens with zero attached hydrogens (tertiary/aromatic N) is 3. The summed E-state index contributed by atoms with van der Waals surface area (Å²) in [4.78, 5) is 2.64. The molecule has 2 fully saturated rings. The van der Waals surface area contributed by atoms with Crippen molar-refractivity contribution in [2.75, 3.05) is 26.2 Å². The molecule has 1 aliphatic carbocycles. The van der Waals surface area contributed by atoms with Crippen LogP contribution in [0.3, 0.4) is 0 Å². The number of aromatic nitrogens is 2. The van der Waals surface area contributed by atoms with Crippen molar-refractivity contribution in [1.82, 2.24) is 20.0 Å². The van der Waals surface area contributed by atoms with Crippen molar-refractivity contribution in [2.45, 2.75) is 38.1 Å². The van der Waals surface area contributed by atoms with Gasteiger partial charge in [-0.2, -0.15) is 5.10 Å². The van der Waals surface area contributed by atoms with Crippen molar-refractivity contribution in [3.63, 3.8) is 0 Å². The van der Waals surface area contributed by atoms with Crippen molar-refractivity contribution in [3.8, 4) is 0 Å². The Labute approximate surface area is 116 Å². The minimum Gasteiger partial charge on any atom is -0.310 e. The molecule has 3 rings (SSSR count). The van der Waals surface area contributed by atoms with Gasteiger partial charge in [0, 0.05) is 31.9 Å². The quantitative estimate of drug-likeness (QED) is 0.891. The van der Waals surface area contributed by atoms with E-state index in [4.69, 9.17) is 0 Å². The fourth-order valence-electron chi connectivity index (χ4n) is 3.35. The molecule has 2 aliphatic rings. The standard InChI is InChI=1S/C15H26N4/c1-15(14-4-5-14)12-19(8-3-7-16-15)9-6-13-10-17-18(2)11-13/h10-11,14,16H,3-9,12H2,1-2H3. The summed E-state index contributed by atoms with van der Waals surface area (Å²) < 4.78 is 1.90. The largest absolute Gasteiger partial charge is 0.310 e. The molecule has 1 atom stereocenters. The molecule has 0 aromatic carbocycles. The molecule has 1 unspecified atom stereocenters. The van der Waals surface area contributed by atoms with Crippen LogP contribution in [-0.4, -0.2) is 46.4 Å². The van der Waals surface area contributed by atoms with E-state index >= 15 is 0 Å². The van der Waals surface area contributed by atoms with Gasteiger partial charge in [0.2, 0.25) is 0 Å². The first kappa shape index (κ1) is 13.1. The number of nitrogens with one attached hydrogen (secondary N) is 1. The van der Waals surface area contributed by atoms with Gasteiger partial charge in [-0.25, -0.2) is 0 Å². The number of hydrogen-bond donors (Lipinski definition) is 1. The summed E-state index contributed by atoms with van der Waals surface area (Å²) in [5.41, 5.74) is 1.71. The van der Waals surface area contributed by atoms with Crippen LogP contribution in [0.5, 0.6) is 0 Å². The Hall–Kier alpha value is -0.870. The normalized spacial score (nSPS) is 29.4. The summed E-state index contributed by atoms with van der Waals surface area (Å²) in [5, 5.41) is 8.05. The minimum atomic E-state index is 0.353. The smallest absolute Gasteiger partial charge is 0.0522 e. The van der Waals surface area contributed by atoms with Crippen LogP contribution in [-0.2, 0) is 13.5 Å². The number of hydrogen-bond acceptors (Lipinski definition) is 3. The summed E-state index contributed by atoms with van der Waals surface area (Å²) in [6.07, 6.45) is 9.36. The lowest BCUT2D eigenvalue weighted by molar-refractivity contribution is 0.203. The first-order valence-corrected chi connectivity index (χ1v) is 7.61. The predicted molar refractivity (Wildman–Crippen MR) is 77.1 cm³/mol. The van der Waals surface area contributed by atoms with Crippen LogP contribution >= 0.6 is 0 Å². The van der Waals surface area contributed by atoms with Crippen molar-refractivity contribution in [2.24, 2.45) is 13.0 Å². The second kappa shape index (κ2) is 5.25. The highest BCUT2D eigenvalue weighted by atomic mass is 15.2. The molecule has 0 amide bonds. The van der Waals surface area contributed by atoms with Crippen LogP contribution in [0.4, 0.5) is 0 Å². The average Bonchev–Trinajstić information content (AvgIpc) is 3.17. The molecule has 1 aromatic heterocycles. The van der Waals surface area contributed by atoms with E-state index in [1.54, 1.807) is 0 Å². The summed E-state index contributed by atoms with van der Waals surface area (Å²) in [6.45, 7) is 7.20. The van der Waals surface area contributed by atoms with Crippen LogP contribution in [0, 0.1) is 5.92 Å². The maximum absolute atomic E-state index is 4.25. The molecule has 1 aromatic rings. The number of aryl methyl sites for hydroxylation is 1. The SMILES string of the molecule is Cn1cc(CCN2CCCNC(C)(C3CC3)C2)cn1. The van der Waals surface area contributed by atoms with E-state index in [1.165, 1.54) is 44.5 Å². The lowest BCUT2D eigenvalue weighted by Crippen LogP contribution is -2.51. The fraction of sp³-hybridized carbons (Fsp3) is 0.800. The van der Waals surface area contributed by atoms with Crippen molar-refractivity contribution >= 4 is 0 Å². The van der Waals surface area contributed by atoms with Crippen LogP contribution in [0.1, 0.15) is 31.7 Å². The third-order valence-corrected chi connectivity index (χ3v) is 4.69.